The maximum atomic E-state index is 12.9. The lowest BCUT2D eigenvalue weighted by Crippen LogP contribution is -2.52. The molecule has 0 spiro atoms. The number of halogens is 3. The van der Waals surface area contributed by atoms with Gasteiger partial charge in [-0.3, -0.25) is 9.80 Å². The summed E-state index contributed by atoms with van der Waals surface area (Å²) in [5.41, 5.74) is 4.18. The van der Waals surface area contributed by atoms with Gasteiger partial charge in [-0.15, -0.1) is 15.6 Å². The molecule has 5 heterocycles. The number of hydrogen-bond donors (Lipinski definition) is 1. The summed E-state index contributed by atoms with van der Waals surface area (Å²) >= 11 is 0.163. The van der Waals surface area contributed by atoms with Gasteiger partial charge in [0.2, 0.25) is 0 Å². The molecule has 6 rings (SSSR count). The highest BCUT2D eigenvalue weighted by molar-refractivity contribution is 7.89. The maximum Gasteiger partial charge on any atom is 0.393 e. The van der Waals surface area contributed by atoms with Crippen LogP contribution in [0.2, 0.25) is 0 Å². The molecule has 2 fully saturated rings. The monoisotopic (exact) mass is 686 g/mol. The molecule has 14 heteroatoms. The maximum absolute atomic E-state index is 12.9. The van der Waals surface area contributed by atoms with Crippen molar-refractivity contribution in [1.82, 2.24) is 28.6 Å². The number of likely N-dealkylation sites (tertiary alicyclic amines) is 1. The summed E-state index contributed by atoms with van der Waals surface area (Å²) in [6, 6.07) is 10.8. The minimum absolute atomic E-state index is 0.171. The zero-order valence-corrected chi connectivity index (χ0v) is 28.6. The number of aryl methyl sites for hydroxylation is 1. The standard InChI is InChI=1S/C33H41F3N8OS2/c1-4-47(45)43-13-11-42(12-14-43)22(2)19-44-26(18-37)15-28-23(3)24(5-6-30(28)44)20-41-9-7-25(8-10-41)40-31-29-16-27(17-33(34,35)36)46-32(29)39-21-38-31/h5-6,15-16,21-22,25H,4,7-14,17,19-20H2,1-3H3,(H,38,39,40). The highest BCUT2D eigenvalue weighted by Crippen LogP contribution is 2.33. The van der Waals surface area contributed by atoms with Crippen molar-refractivity contribution >= 4 is 49.6 Å². The molecule has 252 valence electrons. The second-order valence-electron chi connectivity index (χ2n) is 12.6. The minimum Gasteiger partial charge on any atom is -0.598 e. The molecular formula is C33H41F3N8OS2. The van der Waals surface area contributed by atoms with Crippen LogP contribution in [0.4, 0.5) is 19.0 Å². The Balaban J connectivity index is 1.08. The van der Waals surface area contributed by atoms with Crippen LogP contribution in [0.5, 0.6) is 0 Å². The molecule has 4 aromatic rings. The van der Waals surface area contributed by atoms with Gasteiger partial charge in [-0.2, -0.15) is 18.4 Å². The number of thiophene rings is 1. The van der Waals surface area contributed by atoms with Gasteiger partial charge in [0.15, 0.2) is 0 Å². The highest BCUT2D eigenvalue weighted by atomic mass is 32.2. The van der Waals surface area contributed by atoms with Crippen LogP contribution in [0.25, 0.3) is 21.1 Å². The van der Waals surface area contributed by atoms with Gasteiger partial charge in [-0.1, -0.05) is 6.07 Å². The highest BCUT2D eigenvalue weighted by Gasteiger charge is 2.30. The van der Waals surface area contributed by atoms with E-state index in [0.29, 0.717) is 27.5 Å². The van der Waals surface area contributed by atoms with E-state index in [0.717, 1.165) is 87.4 Å². The predicted molar refractivity (Wildman–Crippen MR) is 182 cm³/mol. The van der Waals surface area contributed by atoms with Crippen LogP contribution >= 0.6 is 11.3 Å². The molecule has 3 aromatic heterocycles. The van der Waals surface area contributed by atoms with Gasteiger partial charge in [0.25, 0.3) is 0 Å². The van der Waals surface area contributed by atoms with Crippen molar-refractivity contribution in [2.75, 3.05) is 50.3 Å². The fourth-order valence-corrected chi connectivity index (χ4v) is 8.83. The van der Waals surface area contributed by atoms with Crippen LogP contribution < -0.4 is 5.32 Å². The van der Waals surface area contributed by atoms with E-state index in [9.17, 15) is 23.0 Å². The molecule has 0 radical (unpaired) electrons. The number of nitrogens with zero attached hydrogens (tertiary/aromatic N) is 7. The normalized spacial score (nSPS) is 18.9. The number of alkyl halides is 3. The van der Waals surface area contributed by atoms with Crippen molar-refractivity contribution in [2.45, 2.75) is 71.4 Å². The zero-order chi connectivity index (χ0) is 33.3. The summed E-state index contributed by atoms with van der Waals surface area (Å²) in [6.07, 6.45) is -2.02. The first-order chi connectivity index (χ1) is 22.5. The summed E-state index contributed by atoms with van der Waals surface area (Å²) in [5, 5.41) is 15.3. The number of nitriles is 1. The molecule has 47 heavy (non-hydrogen) atoms. The summed E-state index contributed by atoms with van der Waals surface area (Å²) < 4.78 is 55.3. The van der Waals surface area contributed by atoms with Gasteiger partial charge in [0.1, 0.15) is 34.5 Å². The SMILES string of the molecule is CC[S+]([O-])N1CCN(C(C)Cn2c(C#N)cc3c(C)c(CN4CCC(Nc5ncnc6sc(CC(F)(F)F)cc56)CC4)ccc32)CC1. The summed E-state index contributed by atoms with van der Waals surface area (Å²) in [7, 11) is 0. The molecule has 0 amide bonds. The van der Waals surface area contributed by atoms with Crippen LogP contribution in [-0.4, -0.2) is 96.5 Å². The lowest BCUT2D eigenvalue weighted by molar-refractivity contribution is -0.126. The van der Waals surface area contributed by atoms with Crippen LogP contribution in [-0.2, 0) is 30.9 Å². The molecule has 9 nitrogen and oxygen atoms in total. The van der Waals surface area contributed by atoms with Gasteiger partial charge in [0.05, 0.1) is 24.9 Å². The van der Waals surface area contributed by atoms with Crippen molar-refractivity contribution in [3.05, 3.63) is 52.3 Å². The second kappa shape index (κ2) is 14.3. The van der Waals surface area contributed by atoms with Gasteiger partial charge in [0, 0.05) is 78.5 Å². The Morgan fingerprint density at radius 2 is 1.85 bits per heavy atom. The second-order valence-corrected chi connectivity index (χ2v) is 15.5. The number of aromatic nitrogens is 3. The summed E-state index contributed by atoms with van der Waals surface area (Å²) in [6.45, 7) is 12.9. The number of piperidine rings is 1. The Kier molecular flexibility index (Phi) is 10.3. The first-order valence-electron chi connectivity index (χ1n) is 16.2. The fourth-order valence-electron chi connectivity index (χ4n) is 6.87. The summed E-state index contributed by atoms with van der Waals surface area (Å²) in [5.74, 6) is 1.25. The van der Waals surface area contributed by atoms with Crippen LogP contribution in [0.1, 0.15) is 48.4 Å². The molecular weight excluding hydrogens is 646 g/mol. The lowest BCUT2D eigenvalue weighted by atomic mass is 10.0. The number of benzene rings is 1. The Labute approximate surface area is 280 Å². The van der Waals surface area contributed by atoms with Gasteiger partial charge in [-0.25, -0.2) is 9.97 Å². The number of anilines is 1. The molecule has 0 bridgehead atoms. The van der Waals surface area contributed by atoms with E-state index < -0.39 is 24.0 Å². The first-order valence-corrected chi connectivity index (χ1v) is 18.3. The third-order valence-corrected chi connectivity index (χ3v) is 12.0. The molecule has 1 N–H and O–H groups in total. The van der Waals surface area contributed by atoms with Gasteiger partial charge >= 0.3 is 6.18 Å². The molecule has 1 aromatic carbocycles. The van der Waals surface area contributed by atoms with Crippen molar-refractivity contribution in [3.8, 4) is 6.07 Å². The first kappa shape index (κ1) is 34.0. The van der Waals surface area contributed by atoms with E-state index in [4.69, 9.17) is 0 Å². The van der Waals surface area contributed by atoms with E-state index in [1.165, 1.54) is 17.5 Å². The third kappa shape index (κ3) is 7.71. The smallest absolute Gasteiger partial charge is 0.393 e. The average molecular weight is 687 g/mol. The Hall–Kier alpha value is -2.93. The van der Waals surface area contributed by atoms with Crippen LogP contribution in [0.15, 0.2) is 30.6 Å². The van der Waals surface area contributed by atoms with Crippen molar-refractivity contribution in [1.29, 1.82) is 5.26 Å². The molecule has 2 aliphatic rings. The van der Waals surface area contributed by atoms with Gasteiger partial charge < -0.3 is 14.4 Å². The van der Waals surface area contributed by atoms with E-state index in [1.54, 1.807) is 6.07 Å². The molecule has 2 atom stereocenters. The number of nitrogens with one attached hydrogen (secondary N) is 1. The van der Waals surface area contributed by atoms with Crippen LogP contribution in [0.3, 0.4) is 0 Å². The van der Waals surface area contributed by atoms with E-state index in [1.807, 2.05) is 13.0 Å². The lowest BCUT2D eigenvalue weighted by Gasteiger charge is -2.37. The van der Waals surface area contributed by atoms with Crippen LogP contribution in [0, 0.1) is 18.3 Å². The molecule has 2 unspecified atom stereocenters. The fraction of sp³-hybridized carbons (Fsp3) is 0.545. The molecule has 2 saturated heterocycles. The number of hydrogen-bond acceptors (Lipinski definition) is 9. The van der Waals surface area contributed by atoms with Crippen molar-refractivity contribution < 1.29 is 17.7 Å². The van der Waals surface area contributed by atoms with E-state index >= 15 is 0 Å². The number of fused-ring (bicyclic) bond motifs is 2. The molecule has 0 aliphatic carbocycles. The zero-order valence-electron chi connectivity index (χ0n) is 27.0. The van der Waals surface area contributed by atoms with E-state index in [2.05, 4.69) is 66.0 Å². The van der Waals surface area contributed by atoms with E-state index in [-0.39, 0.29) is 17.0 Å². The average Bonchev–Trinajstić information content (AvgIpc) is 3.63. The van der Waals surface area contributed by atoms with Crippen molar-refractivity contribution in [3.63, 3.8) is 0 Å². The third-order valence-electron chi connectivity index (χ3n) is 9.54. The number of rotatable bonds is 10. The summed E-state index contributed by atoms with van der Waals surface area (Å²) in [4.78, 5) is 14.2. The quantitative estimate of drug-likeness (QED) is 0.213. The topological polar surface area (TPSA) is 99.3 Å². The number of piperazine rings is 1. The predicted octanol–water partition coefficient (Wildman–Crippen LogP) is 5.70. The largest absolute Gasteiger partial charge is 0.598 e. The Morgan fingerprint density at radius 3 is 2.53 bits per heavy atom. The Morgan fingerprint density at radius 1 is 1.11 bits per heavy atom. The minimum atomic E-state index is -4.26. The Bertz CT molecular complexity index is 1740. The molecule has 0 saturated carbocycles. The van der Waals surface area contributed by atoms with Gasteiger partial charge in [-0.05, 0) is 62.9 Å². The van der Waals surface area contributed by atoms with Crippen molar-refractivity contribution in [2.24, 2.45) is 0 Å². The molecule has 2 aliphatic heterocycles.